The van der Waals surface area contributed by atoms with Gasteiger partial charge in [-0.2, -0.15) is 0 Å². The van der Waals surface area contributed by atoms with Crippen molar-refractivity contribution in [1.29, 1.82) is 0 Å². The molecule has 0 heterocycles. The number of nitrogens with one attached hydrogen (secondary N) is 1. The van der Waals surface area contributed by atoms with Gasteiger partial charge in [0.25, 0.3) is 0 Å². The maximum Gasteiger partial charge on any atom is 0.0681 e. The Hall–Kier alpha value is -0.900. The van der Waals surface area contributed by atoms with E-state index in [0.717, 1.165) is 24.6 Å². The van der Waals surface area contributed by atoms with Gasteiger partial charge < -0.3 is 15.3 Å². The summed E-state index contributed by atoms with van der Waals surface area (Å²) in [4.78, 5) is 2.42. The summed E-state index contributed by atoms with van der Waals surface area (Å²) in [7, 11) is 4.44. The third-order valence-corrected chi connectivity index (χ3v) is 5.00. The van der Waals surface area contributed by atoms with Gasteiger partial charge in [0.2, 0.25) is 0 Å². The molecule has 21 heavy (non-hydrogen) atoms. The van der Waals surface area contributed by atoms with Gasteiger partial charge >= 0.3 is 0 Å². The summed E-state index contributed by atoms with van der Waals surface area (Å²) in [6.07, 6.45) is 5.29. The Kier molecular flexibility index (Phi) is 5.80. The Morgan fingerprint density at radius 1 is 1.24 bits per heavy atom. The minimum absolute atomic E-state index is 0.120. The zero-order valence-electron chi connectivity index (χ0n) is 13.7. The average molecular weight is 290 g/mol. The van der Waals surface area contributed by atoms with Gasteiger partial charge in [-0.1, -0.05) is 44.0 Å². The highest BCUT2D eigenvalue weighted by molar-refractivity contribution is 5.21. The summed E-state index contributed by atoms with van der Waals surface area (Å²) in [5, 5.41) is 12.7. The molecule has 0 radical (unpaired) electrons. The summed E-state index contributed by atoms with van der Waals surface area (Å²) >= 11 is 0. The van der Waals surface area contributed by atoms with E-state index in [1.807, 2.05) is 12.1 Å². The molecule has 0 aliphatic heterocycles. The molecule has 1 aromatic carbocycles. The van der Waals surface area contributed by atoms with Gasteiger partial charge in [0, 0.05) is 18.6 Å². The predicted octanol–water partition coefficient (Wildman–Crippen LogP) is 2.78. The molecule has 1 aromatic rings. The van der Waals surface area contributed by atoms with Crippen molar-refractivity contribution in [2.45, 2.75) is 51.3 Å². The summed E-state index contributed by atoms with van der Waals surface area (Å²) in [6, 6.07) is 8.21. The van der Waals surface area contributed by atoms with Crippen molar-refractivity contribution in [3.8, 4) is 0 Å². The van der Waals surface area contributed by atoms with E-state index in [9.17, 15) is 0 Å². The normalized spacial score (nSPS) is 26.2. The predicted molar refractivity (Wildman–Crippen MR) is 88.1 cm³/mol. The SMILES string of the molecule is CC1CCCC(CNCc2ccc(CO)cc2)(N(C)C)C1. The minimum atomic E-state index is 0.120. The van der Waals surface area contributed by atoms with Crippen LogP contribution in [0.5, 0.6) is 0 Å². The fourth-order valence-electron chi connectivity index (χ4n) is 3.56. The topological polar surface area (TPSA) is 35.5 Å². The molecule has 3 nitrogen and oxygen atoms in total. The van der Waals surface area contributed by atoms with Gasteiger partial charge in [-0.05, 0) is 44.0 Å². The molecule has 0 saturated heterocycles. The molecule has 0 bridgehead atoms. The second-order valence-corrected chi connectivity index (χ2v) is 6.90. The maximum absolute atomic E-state index is 9.07. The monoisotopic (exact) mass is 290 g/mol. The van der Waals surface area contributed by atoms with Crippen LogP contribution in [0.15, 0.2) is 24.3 Å². The minimum Gasteiger partial charge on any atom is -0.392 e. The fourth-order valence-corrected chi connectivity index (χ4v) is 3.56. The van der Waals surface area contributed by atoms with E-state index in [1.165, 1.54) is 31.2 Å². The summed E-state index contributed by atoms with van der Waals surface area (Å²) in [5.41, 5.74) is 2.57. The number of hydrogen-bond acceptors (Lipinski definition) is 3. The van der Waals surface area contributed by atoms with Gasteiger partial charge in [0.15, 0.2) is 0 Å². The third-order valence-electron chi connectivity index (χ3n) is 5.00. The second-order valence-electron chi connectivity index (χ2n) is 6.90. The van der Waals surface area contributed by atoms with E-state index in [4.69, 9.17) is 5.11 Å². The van der Waals surface area contributed by atoms with Crippen molar-refractivity contribution in [2.24, 2.45) is 5.92 Å². The van der Waals surface area contributed by atoms with Crippen LogP contribution in [0.4, 0.5) is 0 Å². The number of hydrogen-bond donors (Lipinski definition) is 2. The number of benzene rings is 1. The molecule has 0 amide bonds. The quantitative estimate of drug-likeness (QED) is 0.845. The zero-order valence-corrected chi connectivity index (χ0v) is 13.7. The molecule has 1 aliphatic carbocycles. The first kappa shape index (κ1) is 16.5. The second kappa shape index (κ2) is 7.39. The molecule has 1 fully saturated rings. The standard InChI is InChI=1S/C18H30N2O/c1-15-5-4-10-18(11-15,20(2)3)14-19-12-16-6-8-17(13-21)9-7-16/h6-9,15,19,21H,4-5,10-14H2,1-3H3. The number of rotatable bonds is 6. The molecular formula is C18H30N2O. The summed E-state index contributed by atoms with van der Waals surface area (Å²) in [6.45, 7) is 4.45. The molecule has 0 spiro atoms. The summed E-state index contributed by atoms with van der Waals surface area (Å²) < 4.78 is 0. The Balaban J connectivity index is 1.89. The lowest BCUT2D eigenvalue weighted by atomic mass is 9.75. The van der Waals surface area contributed by atoms with Gasteiger partial charge in [0.05, 0.1) is 6.61 Å². The molecular weight excluding hydrogens is 260 g/mol. The van der Waals surface area contributed by atoms with E-state index < -0.39 is 0 Å². The van der Waals surface area contributed by atoms with Crippen LogP contribution >= 0.6 is 0 Å². The lowest BCUT2D eigenvalue weighted by Crippen LogP contribution is -2.54. The molecule has 118 valence electrons. The van der Waals surface area contributed by atoms with Crippen molar-refractivity contribution in [3.63, 3.8) is 0 Å². The zero-order chi connectivity index (χ0) is 15.3. The van der Waals surface area contributed by atoms with E-state index in [1.54, 1.807) is 0 Å². The smallest absolute Gasteiger partial charge is 0.0681 e. The Bertz CT molecular complexity index is 429. The highest BCUT2D eigenvalue weighted by Gasteiger charge is 2.36. The van der Waals surface area contributed by atoms with Gasteiger partial charge in [-0.15, -0.1) is 0 Å². The van der Waals surface area contributed by atoms with Crippen LogP contribution < -0.4 is 5.32 Å². The first-order valence-electron chi connectivity index (χ1n) is 8.12. The van der Waals surface area contributed by atoms with Crippen molar-refractivity contribution in [1.82, 2.24) is 10.2 Å². The number of likely N-dealkylation sites (N-methyl/N-ethyl adjacent to an activating group) is 1. The third kappa shape index (κ3) is 4.29. The van der Waals surface area contributed by atoms with E-state index in [2.05, 4.69) is 43.4 Å². The van der Waals surface area contributed by atoms with Crippen LogP contribution in [0.3, 0.4) is 0 Å². The van der Waals surface area contributed by atoms with Gasteiger partial charge in [-0.3, -0.25) is 0 Å². The lowest BCUT2D eigenvalue weighted by Gasteiger charge is -2.45. The average Bonchev–Trinajstić information content (AvgIpc) is 2.48. The van der Waals surface area contributed by atoms with Crippen LogP contribution in [0.1, 0.15) is 43.7 Å². The van der Waals surface area contributed by atoms with E-state index in [0.29, 0.717) is 5.54 Å². The van der Waals surface area contributed by atoms with Crippen LogP contribution in [0, 0.1) is 5.92 Å². The van der Waals surface area contributed by atoms with Crippen molar-refractivity contribution in [3.05, 3.63) is 35.4 Å². The van der Waals surface area contributed by atoms with Crippen LogP contribution in [-0.2, 0) is 13.2 Å². The molecule has 1 aliphatic rings. The molecule has 1 saturated carbocycles. The van der Waals surface area contributed by atoms with Gasteiger partial charge in [0.1, 0.15) is 0 Å². The Morgan fingerprint density at radius 3 is 2.48 bits per heavy atom. The molecule has 0 aromatic heterocycles. The fraction of sp³-hybridized carbons (Fsp3) is 0.667. The molecule has 2 unspecified atom stereocenters. The summed E-state index contributed by atoms with van der Waals surface area (Å²) in [5.74, 6) is 0.826. The Labute approximate surface area is 129 Å². The van der Waals surface area contributed by atoms with E-state index in [-0.39, 0.29) is 6.61 Å². The first-order valence-corrected chi connectivity index (χ1v) is 8.12. The first-order chi connectivity index (χ1) is 10.1. The number of nitrogens with zero attached hydrogens (tertiary/aromatic N) is 1. The van der Waals surface area contributed by atoms with Crippen molar-refractivity contribution in [2.75, 3.05) is 20.6 Å². The van der Waals surface area contributed by atoms with Crippen LogP contribution in [-0.4, -0.2) is 36.2 Å². The van der Waals surface area contributed by atoms with Crippen LogP contribution in [0.2, 0.25) is 0 Å². The Morgan fingerprint density at radius 2 is 1.90 bits per heavy atom. The largest absolute Gasteiger partial charge is 0.392 e. The van der Waals surface area contributed by atoms with E-state index >= 15 is 0 Å². The van der Waals surface area contributed by atoms with Crippen LogP contribution in [0.25, 0.3) is 0 Å². The van der Waals surface area contributed by atoms with Crippen molar-refractivity contribution < 1.29 is 5.11 Å². The highest BCUT2D eigenvalue weighted by atomic mass is 16.3. The van der Waals surface area contributed by atoms with Crippen molar-refractivity contribution >= 4 is 0 Å². The maximum atomic E-state index is 9.07. The molecule has 3 heteroatoms. The highest BCUT2D eigenvalue weighted by Crippen LogP contribution is 2.35. The number of aliphatic hydroxyl groups is 1. The molecule has 2 rings (SSSR count). The lowest BCUT2D eigenvalue weighted by molar-refractivity contribution is 0.0749. The van der Waals surface area contributed by atoms with Gasteiger partial charge in [-0.25, -0.2) is 0 Å². The number of aliphatic hydroxyl groups excluding tert-OH is 1. The molecule has 2 N–H and O–H groups in total. The molecule has 2 atom stereocenters.